The van der Waals surface area contributed by atoms with Gasteiger partial charge in [0.15, 0.2) is 5.16 Å². The topological polar surface area (TPSA) is 51.8 Å². The number of nitrogens with zero attached hydrogens (tertiary/aromatic N) is 2. The molecule has 0 saturated heterocycles. The second kappa shape index (κ2) is 7.20. The highest BCUT2D eigenvalue weighted by atomic mass is 79.9. The van der Waals surface area contributed by atoms with E-state index < -0.39 is 0 Å². The third-order valence-electron chi connectivity index (χ3n) is 3.00. The van der Waals surface area contributed by atoms with E-state index in [0.29, 0.717) is 0 Å². The van der Waals surface area contributed by atoms with Crippen molar-refractivity contribution in [2.75, 3.05) is 0 Å². The van der Waals surface area contributed by atoms with E-state index in [9.17, 15) is 0 Å². The van der Waals surface area contributed by atoms with Crippen LogP contribution in [0, 0.1) is 6.92 Å². The van der Waals surface area contributed by atoms with Crippen molar-refractivity contribution in [3.05, 3.63) is 46.2 Å². The van der Waals surface area contributed by atoms with Gasteiger partial charge < -0.3 is 5.73 Å². The van der Waals surface area contributed by atoms with E-state index in [1.807, 2.05) is 19.1 Å². The van der Waals surface area contributed by atoms with Crippen molar-refractivity contribution in [2.24, 2.45) is 5.73 Å². The Balaban J connectivity index is 2.26. The summed E-state index contributed by atoms with van der Waals surface area (Å²) in [6, 6.07) is 8.35. The first-order valence-corrected chi connectivity index (χ1v) is 8.21. The normalized spacial score (nSPS) is 12.4. The zero-order chi connectivity index (χ0) is 14.5. The van der Waals surface area contributed by atoms with Gasteiger partial charge in [0.05, 0.1) is 0 Å². The molecule has 2 N–H and O–H groups in total. The van der Waals surface area contributed by atoms with Crippen LogP contribution in [-0.4, -0.2) is 16.0 Å². The molecular formula is C15H18BrN3S. The molecule has 0 saturated carbocycles. The number of aromatic nitrogens is 2. The van der Waals surface area contributed by atoms with Crippen LogP contribution in [0.2, 0.25) is 0 Å². The highest BCUT2D eigenvalue weighted by Crippen LogP contribution is 2.30. The van der Waals surface area contributed by atoms with E-state index in [2.05, 4.69) is 45.0 Å². The molecule has 1 atom stereocenters. The van der Waals surface area contributed by atoms with Crippen molar-refractivity contribution in [1.29, 1.82) is 0 Å². The van der Waals surface area contributed by atoms with Crippen LogP contribution >= 0.6 is 27.7 Å². The molecule has 0 aliphatic carbocycles. The quantitative estimate of drug-likeness (QED) is 0.827. The predicted molar refractivity (Wildman–Crippen MR) is 87.0 cm³/mol. The average Bonchev–Trinajstić information content (AvgIpc) is 2.42. The highest BCUT2D eigenvalue weighted by molar-refractivity contribution is 9.10. The maximum Gasteiger partial charge on any atom is 0.192 e. The number of hydrogen-bond acceptors (Lipinski definition) is 4. The second-order valence-corrected chi connectivity index (χ2v) is 6.63. The molecule has 1 aromatic heterocycles. The molecule has 0 aliphatic heterocycles. The summed E-state index contributed by atoms with van der Waals surface area (Å²) in [5.41, 5.74) is 8.30. The molecule has 0 bridgehead atoms. The van der Waals surface area contributed by atoms with Gasteiger partial charge in [-0.3, -0.25) is 0 Å². The Morgan fingerprint density at radius 2 is 2.15 bits per heavy atom. The standard InChI is InChI=1S/C15H18BrN3S/c1-3-13(17)9-11-8-12(16)4-5-14(11)20-15-18-7-6-10(2)19-15/h4-8,13H,3,9,17H2,1-2H3. The Hall–Kier alpha value is -0.910. The van der Waals surface area contributed by atoms with E-state index in [1.54, 1.807) is 18.0 Å². The van der Waals surface area contributed by atoms with E-state index in [4.69, 9.17) is 5.73 Å². The van der Waals surface area contributed by atoms with Crippen molar-refractivity contribution in [3.63, 3.8) is 0 Å². The SMILES string of the molecule is CCC(N)Cc1cc(Br)ccc1Sc1nccc(C)n1. The van der Waals surface area contributed by atoms with Gasteiger partial charge in [-0.2, -0.15) is 0 Å². The Labute approximate surface area is 132 Å². The zero-order valence-corrected chi connectivity index (χ0v) is 14.0. The maximum absolute atomic E-state index is 6.09. The lowest BCUT2D eigenvalue weighted by Crippen LogP contribution is -2.21. The first-order valence-electron chi connectivity index (χ1n) is 6.60. The number of aryl methyl sites for hydroxylation is 1. The average molecular weight is 352 g/mol. The number of halogens is 1. The van der Waals surface area contributed by atoms with Gasteiger partial charge in [-0.25, -0.2) is 9.97 Å². The Kier molecular flexibility index (Phi) is 5.57. The summed E-state index contributed by atoms with van der Waals surface area (Å²) in [5.74, 6) is 0. The second-order valence-electron chi connectivity index (χ2n) is 4.71. The van der Waals surface area contributed by atoms with Gasteiger partial charge in [0.25, 0.3) is 0 Å². The van der Waals surface area contributed by atoms with E-state index in [1.165, 1.54) is 10.5 Å². The van der Waals surface area contributed by atoms with Crippen LogP contribution in [-0.2, 0) is 6.42 Å². The molecule has 0 aliphatic rings. The number of nitrogens with two attached hydrogens (primary N) is 1. The van der Waals surface area contributed by atoms with Crippen LogP contribution in [0.5, 0.6) is 0 Å². The molecule has 2 rings (SSSR count). The fourth-order valence-electron chi connectivity index (χ4n) is 1.81. The third-order valence-corrected chi connectivity index (χ3v) is 4.49. The fourth-order valence-corrected chi connectivity index (χ4v) is 3.13. The summed E-state index contributed by atoms with van der Waals surface area (Å²) in [5, 5.41) is 0.777. The van der Waals surface area contributed by atoms with Gasteiger partial charge in [-0.05, 0) is 61.4 Å². The summed E-state index contributed by atoms with van der Waals surface area (Å²) in [7, 11) is 0. The molecule has 2 aromatic rings. The minimum atomic E-state index is 0.182. The minimum absolute atomic E-state index is 0.182. The highest BCUT2D eigenvalue weighted by Gasteiger charge is 2.10. The third kappa shape index (κ3) is 4.30. The van der Waals surface area contributed by atoms with Crippen LogP contribution in [0.3, 0.4) is 0 Å². The summed E-state index contributed by atoms with van der Waals surface area (Å²) < 4.78 is 1.07. The molecule has 0 radical (unpaired) electrons. The van der Waals surface area contributed by atoms with Crippen molar-refractivity contribution in [2.45, 2.75) is 42.8 Å². The Morgan fingerprint density at radius 3 is 2.85 bits per heavy atom. The molecule has 0 spiro atoms. The van der Waals surface area contributed by atoms with Crippen molar-refractivity contribution in [1.82, 2.24) is 9.97 Å². The predicted octanol–water partition coefficient (Wildman–Crippen LogP) is 3.98. The summed E-state index contributed by atoms with van der Waals surface area (Å²) in [6.07, 6.45) is 3.63. The van der Waals surface area contributed by atoms with E-state index in [-0.39, 0.29) is 6.04 Å². The van der Waals surface area contributed by atoms with Crippen molar-refractivity contribution >= 4 is 27.7 Å². The van der Waals surface area contributed by atoms with Gasteiger partial charge in [-0.15, -0.1) is 0 Å². The van der Waals surface area contributed by atoms with Gasteiger partial charge in [0, 0.05) is 27.3 Å². The Morgan fingerprint density at radius 1 is 1.35 bits per heavy atom. The minimum Gasteiger partial charge on any atom is -0.327 e. The molecule has 20 heavy (non-hydrogen) atoms. The number of benzene rings is 1. The van der Waals surface area contributed by atoms with Gasteiger partial charge >= 0.3 is 0 Å². The van der Waals surface area contributed by atoms with Crippen LogP contribution < -0.4 is 5.73 Å². The smallest absolute Gasteiger partial charge is 0.192 e. The van der Waals surface area contributed by atoms with Gasteiger partial charge in [0.2, 0.25) is 0 Å². The van der Waals surface area contributed by atoms with Crippen LogP contribution in [0.25, 0.3) is 0 Å². The summed E-state index contributed by atoms with van der Waals surface area (Å²) in [4.78, 5) is 9.92. The molecule has 3 nitrogen and oxygen atoms in total. The molecular weight excluding hydrogens is 334 g/mol. The maximum atomic E-state index is 6.09. The zero-order valence-electron chi connectivity index (χ0n) is 11.6. The Bertz CT molecular complexity index is 589. The van der Waals surface area contributed by atoms with Crippen LogP contribution in [0.4, 0.5) is 0 Å². The molecule has 0 amide bonds. The number of rotatable bonds is 5. The summed E-state index contributed by atoms with van der Waals surface area (Å²) in [6.45, 7) is 4.08. The lowest BCUT2D eigenvalue weighted by molar-refractivity contribution is 0.641. The first-order chi connectivity index (χ1) is 9.58. The molecule has 5 heteroatoms. The molecule has 106 valence electrons. The van der Waals surface area contributed by atoms with Crippen molar-refractivity contribution < 1.29 is 0 Å². The monoisotopic (exact) mass is 351 g/mol. The fraction of sp³-hybridized carbons (Fsp3) is 0.333. The first kappa shape index (κ1) is 15.5. The molecule has 1 heterocycles. The van der Waals surface area contributed by atoms with Gasteiger partial charge in [0.1, 0.15) is 0 Å². The van der Waals surface area contributed by atoms with E-state index >= 15 is 0 Å². The molecule has 1 unspecified atom stereocenters. The van der Waals surface area contributed by atoms with Crippen molar-refractivity contribution in [3.8, 4) is 0 Å². The molecule has 0 fully saturated rings. The molecule has 1 aromatic carbocycles. The van der Waals surface area contributed by atoms with E-state index in [0.717, 1.165) is 28.2 Å². The summed E-state index contributed by atoms with van der Waals surface area (Å²) >= 11 is 5.11. The largest absolute Gasteiger partial charge is 0.327 e. The van der Waals surface area contributed by atoms with Crippen LogP contribution in [0.1, 0.15) is 24.6 Å². The van der Waals surface area contributed by atoms with Gasteiger partial charge in [-0.1, -0.05) is 22.9 Å². The van der Waals surface area contributed by atoms with Crippen LogP contribution in [0.15, 0.2) is 45.0 Å². The lowest BCUT2D eigenvalue weighted by Gasteiger charge is -2.13. The lowest BCUT2D eigenvalue weighted by atomic mass is 10.1. The number of hydrogen-bond donors (Lipinski definition) is 1.